The Morgan fingerprint density at radius 1 is 1.10 bits per heavy atom. The molecule has 0 bridgehead atoms. The standard InChI is InChI=1S/C18H26O3/c1-2-3-4-5-6-7-15-21-17-13-11-16(12-14-17)9-8-10-18(19)20/h8,10-14H,2-7,9,15H2,1H3,(H,19,20)/b10-8+. The lowest BCUT2D eigenvalue weighted by Crippen LogP contribution is -1.97. The zero-order valence-corrected chi connectivity index (χ0v) is 12.9. The molecule has 1 aromatic rings. The fraction of sp³-hybridized carbons (Fsp3) is 0.500. The first kappa shape index (κ1) is 17.3. The Balaban J connectivity index is 2.17. The Labute approximate surface area is 127 Å². The van der Waals surface area contributed by atoms with Crippen LogP contribution in [0.25, 0.3) is 0 Å². The van der Waals surface area contributed by atoms with E-state index in [2.05, 4.69) is 6.92 Å². The lowest BCUT2D eigenvalue weighted by molar-refractivity contribution is -0.131. The summed E-state index contributed by atoms with van der Waals surface area (Å²) < 4.78 is 5.70. The molecule has 0 amide bonds. The Kier molecular flexibility index (Phi) is 9.01. The van der Waals surface area contributed by atoms with Crippen molar-refractivity contribution in [3.8, 4) is 5.75 Å². The number of unbranched alkanes of at least 4 members (excludes halogenated alkanes) is 5. The molecule has 0 spiro atoms. The van der Waals surface area contributed by atoms with Crippen LogP contribution in [0.15, 0.2) is 36.4 Å². The highest BCUT2D eigenvalue weighted by atomic mass is 16.5. The first-order chi connectivity index (χ1) is 10.2. The Hall–Kier alpha value is -1.77. The Morgan fingerprint density at radius 3 is 2.43 bits per heavy atom. The highest BCUT2D eigenvalue weighted by molar-refractivity contribution is 5.79. The molecule has 116 valence electrons. The molecular weight excluding hydrogens is 264 g/mol. The van der Waals surface area contributed by atoms with Crippen LogP contribution in [0.5, 0.6) is 5.75 Å². The van der Waals surface area contributed by atoms with Crippen molar-refractivity contribution < 1.29 is 14.6 Å². The molecule has 1 N–H and O–H groups in total. The maximum absolute atomic E-state index is 10.4. The molecule has 1 rings (SSSR count). The van der Waals surface area contributed by atoms with Crippen LogP contribution in [0.2, 0.25) is 0 Å². The van der Waals surface area contributed by atoms with Gasteiger partial charge in [-0.15, -0.1) is 0 Å². The summed E-state index contributed by atoms with van der Waals surface area (Å²) in [6.07, 6.45) is 11.0. The molecular formula is C18H26O3. The summed E-state index contributed by atoms with van der Waals surface area (Å²) in [5, 5.41) is 8.52. The van der Waals surface area contributed by atoms with Crippen molar-refractivity contribution in [2.24, 2.45) is 0 Å². The van der Waals surface area contributed by atoms with Crippen LogP contribution in [0.3, 0.4) is 0 Å². The van der Waals surface area contributed by atoms with Gasteiger partial charge in [0, 0.05) is 6.08 Å². The van der Waals surface area contributed by atoms with E-state index in [4.69, 9.17) is 9.84 Å². The highest BCUT2D eigenvalue weighted by Gasteiger charge is 1.96. The number of carboxylic acids is 1. The van der Waals surface area contributed by atoms with Gasteiger partial charge in [0.25, 0.3) is 0 Å². The van der Waals surface area contributed by atoms with Crippen LogP contribution < -0.4 is 4.74 Å². The average Bonchev–Trinajstić information content (AvgIpc) is 2.47. The average molecular weight is 290 g/mol. The topological polar surface area (TPSA) is 46.5 Å². The van der Waals surface area contributed by atoms with Gasteiger partial charge in [-0.05, 0) is 30.5 Å². The van der Waals surface area contributed by atoms with Gasteiger partial charge in [-0.25, -0.2) is 4.79 Å². The molecule has 3 heteroatoms. The normalized spacial score (nSPS) is 10.9. The maximum Gasteiger partial charge on any atom is 0.327 e. The van der Waals surface area contributed by atoms with Crippen molar-refractivity contribution in [3.63, 3.8) is 0 Å². The van der Waals surface area contributed by atoms with E-state index < -0.39 is 5.97 Å². The van der Waals surface area contributed by atoms with Gasteiger partial charge in [0.15, 0.2) is 0 Å². The van der Waals surface area contributed by atoms with Crippen LogP contribution in [-0.2, 0) is 11.2 Å². The van der Waals surface area contributed by atoms with Crippen molar-refractivity contribution >= 4 is 5.97 Å². The minimum absolute atomic E-state index is 0.629. The van der Waals surface area contributed by atoms with E-state index in [0.29, 0.717) is 6.42 Å². The first-order valence-corrected chi connectivity index (χ1v) is 7.83. The van der Waals surface area contributed by atoms with Gasteiger partial charge in [0.05, 0.1) is 6.61 Å². The van der Waals surface area contributed by atoms with Gasteiger partial charge in [-0.2, -0.15) is 0 Å². The second kappa shape index (κ2) is 11.0. The number of carbonyl (C=O) groups is 1. The SMILES string of the molecule is CCCCCCCCOc1ccc(C/C=C/C(=O)O)cc1. The highest BCUT2D eigenvalue weighted by Crippen LogP contribution is 2.14. The minimum Gasteiger partial charge on any atom is -0.494 e. The van der Waals surface area contributed by atoms with Gasteiger partial charge in [0.1, 0.15) is 5.75 Å². The van der Waals surface area contributed by atoms with Crippen molar-refractivity contribution in [3.05, 3.63) is 42.0 Å². The van der Waals surface area contributed by atoms with Gasteiger partial charge in [-0.1, -0.05) is 57.2 Å². The summed E-state index contributed by atoms with van der Waals surface area (Å²) >= 11 is 0. The van der Waals surface area contributed by atoms with Crippen LogP contribution in [0.4, 0.5) is 0 Å². The summed E-state index contributed by atoms with van der Waals surface area (Å²) in [4.78, 5) is 10.4. The van der Waals surface area contributed by atoms with E-state index in [-0.39, 0.29) is 0 Å². The first-order valence-electron chi connectivity index (χ1n) is 7.83. The molecule has 0 saturated heterocycles. The largest absolute Gasteiger partial charge is 0.494 e. The maximum atomic E-state index is 10.4. The van der Waals surface area contributed by atoms with E-state index >= 15 is 0 Å². The number of hydrogen-bond donors (Lipinski definition) is 1. The minimum atomic E-state index is -0.908. The van der Waals surface area contributed by atoms with Crippen molar-refractivity contribution in [1.29, 1.82) is 0 Å². The molecule has 1 aromatic carbocycles. The monoisotopic (exact) mass is 290 g/mol. The van der Waals surface area contributed by atoms with Crippen LogP contribution in [-0.4, -0.2) is 17.7 Å². The van der Waals surface area contributed by atoms with E-state index in [1.54, 1.807) is 6.08 Å². The predicted octanol–water partition coefficient (Wildman–Crippen LogP) is 4.61. The van der Waals surface area contributed by atoms with Gasteiger partial charge < -0.3 is 9.84 Å². The second-order valence-corrected chi connectivity index (χ2v) is 5.20. The van der Waals surface area contributed by atoms with Gasteiger partial charge in [0.2, 0.25) is 0 Å². The lowest BCUT2D eigenvalue weighted by atomic mass is 10.1. The second-order valence-electron chi connectivity index (χ2n) is 5.20. The molecule has 0 radical (unpaired) electrons. The molecule has 0 aliphatic heterocycles. The molecule has 0 atom stereocenters. The third-order valence-corrected chi connectivity index (χ3v) is 3.30. The number of hydrogen-bond acceptors (Lipinski definition) is 2. The van der Waals surface area contributed by atoms with Crippen molar-refractivity contribution in [1.82, 2.24) is 0 Å². The van der Waals surface area contributed by atoms with Crippen LogP contribution in [0, 0.1) is 0 Å². The number of allylic oxidation sites excluding steroid dienone is 1. The lowest BCUT2D eigenvalue weighted by Gasteiger charge is -2.06. The third-order valence-electron chi connectivity index (χ3n) is 3.30. The van der Waals surface area contributed by atoms with Gasteiger partial charge >= 0.3 is 5.97 Å². The zero-order chi connectivity index (χ0) is 15.3. The van der Waals surface area contributed by atoms with Gasteiger partial charge in [-0.3, -0.25) is 0 Å². The van der Waals surface area contributed by atoms with E-state index in [9.17, 15) is 4.79 Å². The predicted molar refractivity (Wildman–Crippen MR) is 85.8 cm³/mol. The molecule has 0 unspecified atom stereocenters. The molecule has 0 saturated carbocycles. The van der Waals surface area contributed by atoms with E-state index in [1.165, 1.54) is 38.2 Å². The number of aliphatic carboxylic acids is 1. The van der Waals surface area contributed by atoms with E-state index in [0.717, 1.165) is 24.3 Å². The number of ether oxygens (including phenoxy) is 1. The summed E-state index contributed by atoms with van der Waals surface area (Å²) in [6.45, 7) is 2.99. The Bertz CT molecular complexity index is 421. The number of carboxylic acid groups (broad SMARTS) is 1. The third kappa shape index (κ3) is 8.90. The van der Waals surface area contributed by atoms with Crippen molar-refractivity contribution in [2.75, 3.05) is 6.61 Å². The fourth-order valence-electron chi connectivity index (χ4n) is 2.09. The summed E-state index contributed by atoms with van der Waals surface area (Å²) in [6, 6.07) is 7.84. The number of rotatable bonds is 11. The van der Waals surface area contributed by atoms with Crippen LogP contribution >= 0.6 is 0 Å². The zero-order valence-electron chi connectivity index (χ0n) is 12.9. The molecule has 0 aliphatic carbocycles. The van der Waals surface area contributed by atoms with Crippen molar-refractivity contribution in [2.45, 2.75) is 51.9 Å². The molecule has 0 aromatic heterocycles. The molecule has 3 nitrogen and oxygen atoms in total. The Morgan fingerprint density at radius 2 is 1.76 bits per heavy atom. The molecule has 0 heterocycles. The fourth-order valence-corrected chi connectivity index (χ4v) is 2.09. The van der Waals surface area contributed by atoms with Crippen LogP contribution in [0.1, 0.15) is 51.0 Å². The summed E-state index contributed by atoms with van der Waals surface area (Å²) in [5.41, 5.74) is 1.08. The van der Waals surface area contributed by atoms with E-state index in [1.807, 2.05) is 24.3 Å². The number of benzene rings is 1. The molecule has 21 heavy (non-hydrogen) atoms. The molecule has 0 fully saturated rings. The molecule has 0 aliphatic rings. The smallest absolute Gasteiger partial charge is 0.327 e. The summed E-state index contributed by atoms with van der Waals surface area (Å²) in [7, 11) is 0. The quantitative estimate of drug-likeness (QED) is 0.478. The summed E-state index contributed by atoms with van der Waals surface area (Å²) in [5.74, 6) is -0.0246.